The van der Waals surface area contributed by atoms with Crippen molar-refractivity contribution in [2.45, 2.75) is 26.7 Å². The first kappa shape index (κ1) is 17.0. The van der Waals surface area contributed by atoms with Crippen LogP contribution in [0, 0.1) is 0 Å². The molecule has 0 saturated carbocycles. The normalized spacial score (nSPS) is 11.0. The second kappa shape index (κ2) is 7.03. The van der Waals surface area contributed by atoms with Crippen LogP contribution in [0.3, 0.4) is 0 Å². The molecule has 0 spiro atoms. The van der Waals surface area contributed by atoms with E-state index >= 15 is 0 Å². The molecule has 1 N–H and O–H groups in total. The van der Waals surface area contributed by atoms with Crippen molar-refractivity contribution in [1.82, 2.24) is 19.6 Å². The summed E-state index contributed by atoms with van der Waals surface area (Å²) in [4.78, 5) is 16.6. The van der Waals surface area contributed by atoms with Gasteiger partial charge in [-0.15, -0.1) is 5.10 Å². The average Bonchev–Trinajstić information content (AvgIpc) is 3.37. The minimum Gasteiger partial charge on any atom is -0.459 e. The summed E-state index contributed by atoms with van der Waals surface area (Å²) >= 11 is 0. The van der Waals surface area contributed by atoms with Gasteiger partial charge < -0.3 is 9.73 Å². The van der Waals surface area contributed by atoms with E-state index in [0.717, 1.165) is 35.5 Å². The number of imidazole rings is 1. The Kier molecular flexibility index (Phi) is 4.42. The van der Waals surface area contributed by atoms with Crippen molar-refractivity contribution in [3.63, 3.8) is 0 Å². The van der Waals surface area contributed by atoms with Gasteiger partial charge in [-0.25, -0.2) is 4.98 Å². The number of fused-ring (bicyclic) bond motifs is 1. The Labute approximate surface area is 156 Å². The van der Waals surface area contributed by atoms with Gasteiger partial charge in [-0.1, -0.05) is 26.0 Å². The fourth-order valence-corrected chi connectivity index (χ4v) is 3.05. The molecule has 136 valence electrons. The summed E-state index contributed by atoms with van der Waals surface area (Å²) in [5.41, 5.74) is 4.56. The molecule has 0 bridgehead atoms. The molecular formula is C20H19N5O2. The molecule has 0 radical (unpaired) electrons. The minimum atomic E-state index is -0.282. The van der Waals surface area contributed by atoms with Gasteiger partial charge in [0.2, 0.25) is 0 Å². The number of hydrogen-bond acceptors (Lipinski definition) is 5. The number of anilines is 1. The van der Waals surface area contributed by atoms with Crippen LogP contribution < -0.4 is 5.32 Å². The van der Waals surface area contributed by atoms with Crippen LogP contribution in [0.4, 0.5) is 5.69 Å². The first-order valence-electron chi connectivity index (χ1n) is 8.88. The van der Waals surface area contributed by atoms with Crippen LogP contribution in [0.1, 0.15) is 35.8 Å². The third-order valence-electron chi connectivity index (χ3n) is 4.42. The summed E-state index contributed by atoms with van der Waals surface area (Å²) in [7, 11) is 0. The van der Waals surface area contributed by atoms with Crippen LogP contribution in [-0.4, -0.2) is 25.5 Å². The molecule has 27 heavy (non-hydrogen) atoms. The molecular weight excluding hydrogens is 342 g/mol. The Morgan fingerprint density at radius 2 is 1.93 bits per heavy atom. The van der Waals surface area contributed by atoms with Crippen LogP contribution in [0.25, 0.3) is 17.0 Å². The van der Waals surface area contributed by atoms with Crippen molar-refractivity contribution >= 4 is 17.4 Å². The number of rotatable bonds is 5. The number of benzene rings is 1. The Hall–Kier alpha value is -3.48. The van der Waals surface area contributed by atoms with Crippen molar-refractivity contribution in [2.24, 2.45) is 0 Å². The van der Waals surface area contributed by atoms with Gasteiger partial charge in [0.25, 0.3) is 11.7 Å². The Morgan fingerprint density at radius 1 is 1.11 bits per heavy atom. The topological polar surface area (TPSA) is 85.3 Å². The van der Waals surface area contributed by atoms with E-state index in [1.807, 2.05) is 34.9 Å². The second-order valence-corrected chi connectivity index (χ2v) is 6.11. The fourth-order valence-electron chi connectivity index (χ4n) is 3.05. The summed E-state index contributed by atoms with van der Waals surface area (Å²) in [6.07, 6.45) is 5.16. The lowest BCUT2D eigenvalue weighted by atomic mass is 10.1. The molecule has 1 amide bonds. The average molecular weight is 361 g/mol. The number of aryl methyl sites for hydroxylation is 2. The SMILES string of the molecule is CCc1nnc2nc(-c3ccc(NC(=O)c4ccco4)cc3)cn2c1CC. The van der Waals surface area contributed by atoms with Gasteiger partial charge in [0.15, 0.2) is 5.76 Å². The number of hydrogen-bond donors (Lipinski definition) is 1. The molecule has 7 heteroatoms. The van der Waals surface area contributed by atoms with Gasteiger partial charge in [-0.05, 0) is 37.1 Å². The maximum absolute atomic E-state index is 12.0. The van der Waals surface area contributed by atoms with Crippen molar-refractivity contribution in [3.8, 4) is 11.3 Å². The molecule has 4 aromatic rings. The quantitative estimate of drug-likeness (QED) is 0.585. The summed E-state index contributed by atoms with van der Waals surface area (Å²) in [6.45, 7) is 4.17. The lowest BCUT2D eigenvalue weighted by molar-refractivity contribution is 0.0996. The molecule has 7 nitrogen and oxygen atoms in total. The number of amides is 1. The number of nitrogens with one attached hydrogen (secondary N) is 1. The number of carbonyl (C=O) groups is 1. The fraction of sp³-hybridized carbons (Fsp3) is 0.200. The highest BCUT2D eigenvalue weighted by molar-refractivity contribution is 6.02. The molecule has 4 rings (SSSR count). The maximum Gasteiger partial charge on any atom is 0.291 e. The zero-order valence-corrected chi connectivity index (χ0v) is 15.1. The lowest BCUT2D eigenvalue weighted by Crippen LogP contribution is -2.10. The van der Waals surface area contributed by atoms with Gasteiger partial charge in [0.05, 0.1) is 17.7 Å². The van der Waals surface area contributed by atoms with E-state index < -0.39 is 0 Å². The predicted molar refractivity (Wildman–Crippen MR) is 102 cm³/mol. The second-order valence-electron chi connectivity index (χ2n) is 6.11. The van der Waals surface area contributed by atoms with Crippen molar-refractivity contribution in [2.75, 3.05) is 5.32 Å². The van der Waals surface area contributed by atoms with E-state index in [2.05, 4.69) is 34.3 Å². The van der Waals surface area contributed by atoms with Crippen LogP contribution in [0.15, 0.2) is 53.3 Å². The smallest absolute Gasteiger partial charge is 0.291 e. The first-order chi connectivity index (χ1) is 13.2. The zero-order chi connectivity index (χ0) is 18.8. The molecule has 1 aromatic carbocycles. The molecule has 0 aliphatic heterocycles. The third kappa shape index (κ3) is 3.19. The van der Waals surface area contributed by atoms with Gasteiger partial charge >= 0.3 is 0 Å². The number of carbonyl (C=O) groups excluding carboxylic acids is 1. The predicted octanol–water partition coefficient (Wildman–Crippen LogP) is 3.76. The van der Waals surface area contributed by atoms with E-state index in [-0.39, 0.29) is 11.7 Å². The molecule has 0 unspecified atom stereocenters. The first-order valence-corrected chi connectivity index (χ1v) is 8.88. The molecule has 0 fully saturated rings. The highest BCUT2D eigenvalue weighted by Crippen LogP contribution is 2.22. The van der Waals surface area contributed by atoms with Gasteiger partial charge in [-0.2, -0.15) is 5.10 Å². The van der Waals surface area contributed by atoms with E-state index in [9.17, 15) is 4.79 Å². The monoisotopic (exact) mass is 361 g/mol. The third-order valence-corrected chi connectivity index (χ3v) is 4.42. The Bertz CT molecular complexity index is 1080. The van der Waals surface area contributed by atoms with Crippen LogP contribution in [0.2, 0.25) is 0 Å². The Morgan fingerprint density at radius 3 is 2.59 bits per heavy atom. The summed E-state index contributed by atoms with van der Waals surface area (Å²) in [5.74, 6) is 0.585. The summed E-state index contributed by atoms with van der Waals surface area (Å²) in [5, 5.41) is 11.3. The van der Waals surface area contributed by atoms with Crippen molar-refractivity contribution in [3.05, 3.63) is 66.0 Å². The number of nitrogens with zero attached hydrogens (tertiary/aromatic N) is 4. The van der Waals surface area contributed by atoms with E-state index in [1.54, 1.807) is 12.1 Å². The van der Waals surface area contributed by atoms with Crippen LogP contribution in [-0.2, 0) is 12.8 Å². The largest absolute Gasteiger partial charge is 0.459 e. The molecule has 0 aliphatic carbocycles. The van der Waals surface area contributed by atoms with Crippen molar-refractivity contribution in [1.29, 1.82) is 0 Å². The van der Waals surface area contributed by atoms with Gasteiger partial charge in [-0.3, -0.25) is 9.20 Å². The molecule has 3 heterocycles. The number of aromatic nitrogens is 4. The molecule has 0 saturated heterocycles. The van der Waals surface area contributed by atoms with Crippen molar-refractivity contribution < 1.29 is 9.21 Å². The van der Waals surface area contributed by atoms with Crippen LogP contribution in [0.5, 0.6) is 0 Å². The number of furan rings is 1. The summed E-state index contributed by atoms with van der Waals surface area (Å²) < 4.78 is 7.10. The standard InChI is InChI=1S/C20H19N5O2/c1-3-15-17(4-2)25-12-16(22-20(25)24-23-15)13-7-9-14(10-8-13)21-19(26)18-6-5-11-27-18/h5-12H,3-4H2,1-2H3,(H,21,26). The van der Waals surface area contributed by atoms with Gasteiger partial charge in [0.1, 0.15) is 0 Å². The van der Waals surface area contributed by atoms with Gasteiger partial charge in [0, 0.05) is 23.1 Å². The minimum absolute atomic E-state index is 0.275. The highest BCUT2D eigenvalue weighted by Gasteiger charge is 2.13. The zero-order valence-electron chi connectivity index (χ0n) is 15.1. The molecule has 0 atom stereocenters. The van der Waals surface area contributed by atoms with Crippen LogP contribution >= 0.6 is 0 Å². The van der Waals surface area contributed by atoms with E-state index in [4.69, 9.17) is 4.42 Å². The highest BCUT2D eigenvalue weighted by atomic mass is 16.3. The molecule has 0 aliphatic rings. The maximum atomic E-state index is 12.0. The van der Waals surface area contributed by atoms with E-state index in [1.165, 1.54) is 6.26 Å². The van der Waals surface area contributed by atoms with E-state index in [0.29, 0.717) is 11.5 Å². The lowest BCUT2D eigenvalue weighted by Gasteiger charge is -2.05. The molecule has 3 aromatic heterocycles. The Balaban J connectivity index is 1.61. The summed E-state index contributed by atoms with van der Waals surface area (Å²) in [6, 6.07) is 10.8.